The van der Waals surface area contributed by atoms with E-state index in [1.807, 2.05) is 0 Å². The molecule has 12 nitrogen and oxygen atoms in total. The largest absolute Gasteiger partial charge is 0.377 e. The molecule has 15 N–H and O–H groups in total. The summed E-state index contributed by atoms with van der Waals surface area (Å²) in [4.78, 5) is 12.7. The number of nitrogens with one attached hydrogen (secondary N) is 6. The number of hydrogen-bond acceptors (Lipinski definition) is 11. The Bertz CT molecular complexity index is 476. The Labute approximate surface area is 219 Å². The molecule has 0 saturated heterocycles. The lowest BCUT2D eigenvalue weighted by molar-refractivity contribution is -0.123. The summed E-state index contributed by atoms with van der Waals surface area (Å²) in [7, 11) is 0. The van der Waals surface area contributed by atoms with Gasteiger partial charge in [-0.3, -0.25) is 10.1 Å². The zero-order valence-corrected chi connectivity index (χ0v) is 22.5. The number of aliphatic hydroxyl groups is 1. The van der Waals surface area contributed by atoms with E-state index >= 15 is 0 Å². The van der Waals surface area contributed by atoms with Crippen LogP contribution in [-0.2, 0) is 4.79 Å². The lowest BCUT2D eigenvalue weighted by atomic mass is 10.1. The van der Waals surface area contributed by atoms with E-state index in [4.69, 9.17) is 22.9 Å². The van der Waals surface area contributed by atoms with Crippen molar-refractivity contribution in [2.24, 2.45) is 22.9 Å². The molecule has 0 aromatic rings. The second kappa shape index (κ2) is 27.1. The monoisotopic (exact) mass is 518 g/mol. The van der Waals surface area contributed by atoms with Crippen molar-refractivity contribution in [3.8, 4) is 0 Å². The van der Waals surface area contributed by atoms with Crippen molar-refractivity contribution >= 4 is 5.91 Å². The maximum absolute atomic E-state index is 12.7. The van der Waals surface area contributed by atoms with Crippen LogP contribution >= 0.6 is 0 Å². The van der Waals surface area contributed by atoms with E-state index in [2.05, 4.69) is 31.9 Å². The number of carbonyl (C=O) groups is 1. The van der Waals surface area contributed by atoms with Gasteiger partial charge in [0, 0.05) is 19.1 Å². The molecular weight excluding hydrogens is 460 g/mol. The Kier molecular flexibility index (Phi) is 26.4. The summed E-state index contributed by atoms with van der Waals surface area (Å²) in [6.45, 7) is 8.51. The summed E-state index contributed by atoms with van der Waals surface area (Å²) < 4.78 is 0. The van der Waals surface area contributed by atoms with E-state index in [-0.39, 0.29) is 18.0 Å². The average molecular weight is 519 g/mol. The average Bonchev–Trinajstić information content (AvgIpc) is 2.88. The van der Waals surface area contributed by atoms with Gasteiger partial charge in [-0.15, -0.1) is 0 Å². The SMILES string of the molecule is NCCCNCCCC(NCCCN)C(=O)NCCNC(O)C(CCCNCCCN)NCCCN. The summed E-state index contributed by atoms with van der Waals surface area (Å²) in [5.41, 5.74) is 22.2. The van der Waals surface area contributed by atoms with Crippen LogP contribution in [0.5, 0.6) is 0 Å². The minimum Gasteiger partial charge on any atom is -0.377 e. The number of hydrogen-bond donors (Lipinski definition) is 11. The Balaban J connectivity index is 4.38. The van der Waals surface area contributed by atoms with Gasteiger partial charge in [0.15, 0.2) is 0 Å². The predicted molar refractivity (Wildman–Crippen MR) is 149 cm³/mol. The van der Waals surface area contributed by atoms with E-state index in [0.717, 1.165) is 84.1 Å². The molecule has 0 aliphatic heterocycles. The zero-order chi connectivity index (χ0) is 26.7. The number of nitrogens with two attached hydrogens (primary N) is 4. The number of aliphatic hydroxyl groups excluding tert-OH is 1. The van der Waals surface area contributed by atoms with Crippen LogP contribution in [0.2, 0.25) is 0 Å². The van der Waals surface area contributed by atoms with Crippen molar-refractivity contribution in [3.63, 3.8) is 0 Å². The lowest BCUT2D eigenvalue weighted by Gasteiger charge is -2.26. The lowest BCUT2D eigenvalue weighted by Crippen LogP contribution is -2.51. The van der Waals surface area contributed by atoms with Crippen LogP contribution in [0.1, 0.15) is 51.4 Å². The Hall–Kier alpha value is -0.930. The van der Waals surface area contributed by atoms with Crippen molar-refractivity contribution in [3.05, 3.63) is 0 Å². The zero-order valence-electron chi connectivity index (χ0n) is 22.5. The summed E-state index contributed by atoms with van der Waals surface area (Å²) in [5, 5.41) is 30.2. The van der Waals surface area contributed by atoms with Gasteiger partial charge in [-0.25, -0.2) is 0 Å². The first-order valence-electron chi connectivity index (χ1n) is 14.0. The van der Waals surface area contributed by atoms with Gasteiger partial charge in [-0.1, -0.05) is 0 Å². The van der Waals surface area contributed by atoms with Crippen LogP contribution in [0.3, 0.4) is 0 Å². The molecule has 0 saturated carbocycles. The maximum atomic E-state index is 12.7. The van der Waals surface area contributed by atoms with Gasteiger partial charge in [0.05, 0.1) is 6.04 Å². The quantitative estimate of drug-likeness (QED) is 0.0372. The fraction of sp³-hybridized carbons (Fsp3) is 0.958. The van der Waals surface area contributed by atoms with Crippen LogP contribution in [0.4, 0.5) is 0 Å². The van der Waals surface area contributed by atoms with E-state index in [1.54, 1.807) is 0 Å². The molecule has 0 aliphatic rings. The highest BCUT2D eigenvalue weighted by molar-refractivity contribution is 5.81. The molecule has 36 heavy (non-hydrogen) atoms. The molecule has 216 valence electrons. The second-order valence-corrected chi connectivity index (χ2v) is 9.11. The first-order valence-corrected chi connectivity index (χ1v) is 14.0. The number of amides is 1. The molecule has 3 unspecified atom stereocenters. The fourth-order valence-electron chi connectivity index (χ4n) is 3.72. The Morgan fingerprint density at radius 1 is 0.583 bits per heavy atom. The van der Waals surface area contributed by atoms with Crippen LogP contribution < -0.4 is 54.8 Å². The second-order valence-electron chi connectivity index (χ2n) is 9.11. The van der Waals surface area contributed by atoms with Crippen molar-refractivity contribution in [2.45, 2.75) is 69.7 Å². The molecule has 0 rings (SSSR count). The summed E-state index contributed by atoms with van der Waals surface area (Å²) in [6.07, 6.45) is 6.30. The highest BCUT2D eigenvalue weighted by atomic mass is 16.3. The third-order valence-corrected chi connectivity index (χ3v) is 5.86. The maximum Gasteiger partial charge on any atom is 0.237 e. The molecule has 0 heterocycles. The van der Waals surface area contributed by atoms with Crippen LogP contribution in [0.25, 0.3) is 0 Å². The molecule has 0 aromatic carbocycles. The van der Waals surface area contributed by atoms with Crippen LogP contribution in [-0.4, -0.2) is 108 Å². The molecule has 0 spiro atoms. The highest BCUT2D eigenvalue weighted by Crippen LogP contribution is 2.02. The predicted octanol–water partition coefficient (Wildman–Crippen LogP) is -2.94. The van der Waals surface area contributed by atoms with Crippen molar-refractivity contribution < 1.29 is 9.90 Å². The third-order valence-electron chi connectivity index (χ3n) is 5.86. The molecule has 0 bridgehead atoms. The summed E-state index contributed by atoms with van der Waals surface area (Å²) >= 11 is 0. The molecule has 0 fully saturated rings. The van der Waals surface area contributed by atoms with Crippen molar-refractivity contribution in [2.75, 3.05) is 78.5 Å². The van der Waals surface area contributed by atoms with Gasteiger partial charge in [-0.2, -0.15) is 0 Å². The van der Waals surface area contributed by atoms with E-state index in [9.17, 15) is 9.90 Å². The number of rotatable bonds is 28. The van der Waals surface area contributed by atoms with Crippen LogP contribution in [0, 0.1) is 0 Å². The van der Waals surface area contributed by atoms with E-state index < -0.39 is 6.23 Å². The normalized spacial score (nSPS) is 14.0. The standard InChI is InChI=1S/C24H58N10O2/c25-9-3-15-29-13-1-7-21(31-17-5-11-27)23(35)33-19-20-34-24(36)22(32-18-6-12-28)8-2-14-30-16-4-10-26/h21-23,29-33,35H,1-20,25-28H2,(H,34,36). The highest BCUT2D eigenvalue weighted by Gasteiger charge is 2.19. The van der Waals surface area contributed by atoms with Crippen LogP contribution in [0.15, 0.2) is 0 Å². The molecule has 1 amide bonds. The van der Waals surface area contributed by atoms with Gasteiger partial charge < -0.3 is 54.6 Å². The van der Waals surface area contributed by atoms with Gasteiger partial charge in [0.25, 0.3) is 0 Å². The third kappa shape index (κ3) is 21.2. The first kappa shape index (κ1) is 35.1. The molecular formula is C24H58N10O2. The first-order chi connectivity index (χ1) is 17.6. The van der Waals surface area contributed by atoms with Gasteiger partial charge in [-0.05, 0) is 117 Å². The molecule has 0 radical (unpaired) electrons. The van der Waals surface area contributed by atoms with Crippen molar-refractivity contribution in [1.29, 1.82) is 0 Å². The molecule has 0 aliphatic carbocycles. The Morgan fingerprint density at radius 3 is 1.67 bits per heavy atom. The fourth-order valence-corrected chi connectivity index (χ4v) is 3.72. The number of carbonyl (C=O) groups excluding carboxylic acids is 1. The molecule has 0 aromatic heterocycles. The van der Waals surface area contributed by atoms with Gasteiger partial charge in [0.2, 0.25) is 5.91 Å². The Morgan fingerprint density at radius 2 is 1.08 bits per heavy atom. The molecule has 3 atom stereocenters. The van der Waals surface area contributed by atoms with Gasteiger partial charge >= 0.3 is 0 Å². The molecule has 12 heteroatoms. The topological polar surface area (TPSA) is 214 Å². The minimum atomic E-state index is -0.707. The van der Waals surface area contributed by atoms with E-state index in [0.29, 0.717) is 45.8 Å². The summed E-state index contributed by atoms with van der Waals surface area (Å²) in [6, 6.07) is -0.337. The summed E-state index contributed by atoms with van der Waals surface area (Å²) in [5.74, 6) is -0.0218. The van der Waals surface area contributed by atoms with Crippen molar-refractivity contribution in [1.82, 2.24) is 31.9 Å². The minimum absolute atomic E-state index is 0.0218. The van der Waals surface area contributed by atoms with E-state index in [1.165, 1.54) is 0 Å². The van der Waals surface area contributed by atoms with Gasteiger partial charge in [0.1, 0.15) is 6.23 Å². The smallest absolute Gasteiger partial charge is 0.237 e.